The summed E-state index contributed by atoms with van der Waals surface area (Å²) >= 11 is 1.73. The highest BCUT2D eigenvalue weighted by atomic mass is 32.2. The normalized spacial score (nSPS) is 31.3. The number of hydrogen-bond donors (Lipinski definition) is 1. The van der Waals surface area contributed by atoms with Gasteiger partial charge in [0.05, 0.1) is 29.8 Å². The first-order valence-corrected chi connectivity index (χ1v) is 15.9. The number of aliphatic hydroxyl groups is 1. The molecule has 10 heteroatoms. The number of nitrogens with zero attached hydrogens (tertiary/aromatic N) is 4. The molecule has 9 nitrogen and oxygen atoms in total. The van der Waals surface area contributed by atoms with E-state index in [-0.39, 0.29) is 35.5 Å². The molecule has 3 amide bonds. The maximum Gasteiger partial charge on any atom is 0.247 e. The number of likely N-dealkylation sites (tertiary alicyclic amines) is 1. The Balaban J connectivity index is 1.66. The smallest absolute Gasteiger partial charge is 0.247 e. The molecule has 0 aromatic carbocycles. The van der Waals surface area contributed by atoms with Gasteiger partial charge in [-0.25, -0.2) is 0 Å². The van der Waals surface area contributed by atoms with Crippen molar-refractivity contribution in [3.63, 3.8) is 0 Å². The van der Waals surface area contributed by atoms with Crippen LogP contribution in [0.15, 0.2) is 25.3 Å². The number of carbonyl (C=O) groups excluding carboxylic acids is 3. The van der Waals surface area contributed by atoms with Gasteiger partial charge in [0.15, 0.2) is 0 Å². The molecule has 1 N–H and O–H groups in total. The van der Waals surface area contributed by atoms with E-state index in [0.29, 0.717) is 58.8 Å². The summed E-state index contributed by atoms with van der Waals surface area (Å²) in [6.45, 7) is 18.3. The summed E-state index contributed by atoms with van der Waals surface area (Å²) in [5.41, 5.74) is 0. The summed E-state index contributed by atoms with van der Waals surface area (Å²) in [6, 6.07) is -0.629. The Kier molecular flexibility index (Phi) is 10.8. The molecule has 0 radical (unpaired) electrons. The van der Waals surface area contributed by atoms with Crippen molar-refractivity contribution in [3.05, 3.63) is 25.3 Å². The van der Waals surface area contributed by atoms with Gasteiger partial charge in [0.25, 0.3) is 0 Å². The number of rotatable bonds is 15. The number of aliphatic hydroxyl groups excluding tert-OH is 1. The van der Waals surface area contributed by atoms with Crippen LogP contribution in [-0.2, 0) is 19.1 Å². The van der Waals surface area contributed by atoms with Crippen molar-refractivity contribution in [1.29, 1.82) is 0 Å². The number of ether oxygens (including phenoxy) is 1. The van der Waals surface area contributed by atoms with Gasteiger partial charge in [-0.15, -0.1) is 24.9 Å². The van der Waals surface area contributed by atoms with Crippen LogP contribution in [-0.4, -0.2) is 131 Å². The zero-order valence-corrected chi connectivity index (χ0v) is 25.2. The summed E-state index contributed by atoms with van der Waals surface area (Å²) in [6.07, 6.45) is 6.33. The molecule has 4 saturated heterocycles. The van der Waals surface area contributed by atoms with Gasteiger partial charge >= 0.3 is 0 Å². The second kappa shape index (κ2) is 13.9. The SMILES string of the molecule is C=CCN(CCN1CCOCC1)C(=O)C1N(CCCCO)C(=O)[C@@H]2[C@H](C(=O)N(CC=C)CCC)[C@@H]3CC(C)C12S3. The average molecular weight is 577 g/mol. The van der Waals surface area contributed by atoms with Crippen LogP contribution in [0.1, 0.15) is 39.5 Å². The highest BCUT2D eigenvalue weighted by Crippen LogP contribution is 2.68. The summed E-state index contributed by atoms with van der Waals surface area (Å²) in [5, 5.41) is 9.48. The molecule has 0 aromatic heterocycles. The van der Waals surface area contributed by atoms with Crippen molar-refractivity contribution >= 4 is 29.5 Å². The van der Waals surface area contributed by atoms with Crippen LogP contribution < -0.4 is 0 Å². The van der Waals surface area contributed by atoms with Crippen molar-refractivity contribution < 1.29 is 24.2 Å². The topological polar surface area (TPSA) is 93.6 Å². The molecule has 4 aliphatic rings. The summed E-state index contributed by atoms with van der Waals surface area (Å²) in [7, 11) is 0. The lowest BCUT2D eigenvalue weighted by Gasteiger charge is -2.41. The van der Waals surface area contributed by atoms with E-state index >= 15 is 0 Å². The monoisotopic (exact) mass is 576 g/mol. The Morgan fingerprint density at radius 3 is 2.40 bits per heavy atom. The second-order valence-electron chi connectivity index (χ2n) is 11.6. The minimum Gasteiger partial charge on any atom is -0.396 e. The molecule has 40 heavy (non-hydrogen) atoms. The first-order chi connectivity index (χ1) is 19.3. The fourth-order valence-electron chi connectivity index (χ4n) is 7.35. The third kappa shape index (κ3) is 5.74. The Bertz CT molecular complexity index is 943. The lowest BCUT2D eigenvalue weighted by molar-refractivity contribution is -0.145. The van der Waals surface area contributed by atoms with Crippen molar-refractivity contribution in [1.82, 2.24) is 19.6 Å². The number of fused-ring (bicyclic) bond motifs is 1. The third-order valence-electron chi connectivity index (χ3n) is 9.18. The zero-order valence-electron chi connectivity index (χ0n) is 24.3. The molecule has 3 unspecified atom stereocenters. The van der Waals surface area contributed by atoms with E-state index in [9.17, 15) is 19.5 Å². The molecule has 2 bridgehead atoms. The van der Waals surface area contributed by atoms with E-state index in [1.165, 1.54) is 0 Å². The standard InChI is InChI=1S/C30H48N4O5S/c1-5-10-32(11-6-2)27(36)24-23-21-22(4)30(40-23)25(24)28(37)34(13-8-9-18-35)26(30)29(38)33(12-7-3)15-14-31-16-19-39-20-17-31/h5,7,22-26,35H,1,3,6,8-21H2,2,4H3/t22?,23-,24+,25-,26?,30?/m0/s1. The molecule has 0 aromatic rings. The lowest BCUT2D eigenvalue weighted by Crippen LogP contribution is -2.58. The quantitative estimate of drug-likeness (QED) is 0.235. The van der Waals surface area contributed by atoms with Crippen LogP contribution >= 0.6 is 11.8 Å². The third-order valence-corrected chi connectivity index (χ3v) is 11.3. The fourth-order valence-corrected chi connectivity index (χ4v) is 9.76. The fraction of sp³-hybridized carbons (Fsp3) is 0.767. The van der Waals surface area contributed by atoms with Crippen LogP contribution in [0.3, 0.4) is 0 Å². The molecule has 6 atom stereocenters. The highest BCUT2D eigenvalue weighted by Gasteiger charge is 2.76. The van der Waals surface area contributed by atoms with Crippen LogP contribution in [0.5, 0.6) is 0 Å². The first-order valence-electron chi connectivity index (χ1n) is 15.0. The van der Waals surface area contributed by atoms with E-state index in [1.54, 1.807) is 28.8 Å². The number of amides is 3. The Morgan fingerprint density at radius 2 is 1.77 bits per heavy atom. The van der Waals surface area contributed by atoms with E-state index in [1.807, 2.05) is 16.7 Å². The molecule has 0 saturated carbocycles. The van der Waals surface area contributed by atoms with Gasteiger partial charge in [-0.3, -0.25) is 19.3 Å². The number of carbonyl (C=O) groups is 3. The van der Waals surface area contributed by atoms with E-state index < -0.39 is 22.6 Å². The first kappa shape index (κ1) is 31.1. The lowest BCUT2D eigenvalue weighted by atomic mass is 9.65. The predicted molar refractivity (Wildman–Crippen MR) is 158 cm³/mol. The number of thioether (sulfide) groups is 1. The maximum atomic E-state index is 14.6. The Morgan fingerprint density at radius 1 is 1.10 bits per heavy atom. The van der Waals surface area contributed by atoms with Gasteiger partial charge in [0.2, 0.25) is 17.7 Å². The van der Waals surface area contributed by atoms with E-state index in [0.717, 1.165) is 32.5 Å². The summed E-state index contributed by atoms with van der Waals surface area (Å²) < 4.78 is 4.85. The van der Waals surface area contributed by atoms with Crippen LogP contribution in [0.4, 0.5) is 0 Å². The molecule has 0 aliphatic carbocycles. The highest BCUT2D eigenvalue weighted by molar-refractivity contribution is 8.02. The number of morpholine rings is 1. The van der Waals surface area contributed by atoms with Crippen molar-refractivity contribution in [2.24, 2.45) is 17.8 Å². The van der Waals surface area contributed by atoms with Crippen molar-refractivity contribution in [3.8, 4) is 0 Å². The molecule has 4 aliphatic heterocycles. The van der Waals surface area contributed by atoms with Crippen molar-refractivity contribution in [2.45, 2.75) is 55.6 Å². The minimum absolute atomic E-state index is 0.0186. The Labute approximate surface area is 243 Å². The summed E-state index contributed by atoms with van der Waals surface area (Å²) in [4.78, 5) is 50.6. The van der Waals surface area contributed by atoms with Gasteiger partial charge in [0.1, 0.15) is 6.04 Å². The van der Waals surface area contributed by atoms with Gasteiger partial charge in [-0.1, -0.05) is 26.0 Å². The summed E-state index contributed by atoms with van der Waals surface area (Å²) in [5.74, 6) is -0.919. The van der Waals surface area contributed by atoms with Gasteiger partial charge in [-0.05, 0) is 31.6 Å². The van der Waals surface area contributed by atoms with Gasteiger partial charge in [-0.2, -0.15) is 0 Å². The largest absolute Gasteiger partial charge is 0.396 e. The molecular weight excluding hydrogens is 528 g/mol. The van der Waals surface area contributed by atoms with Gasteiger partial charge in [0, 0.05) is 64.2 Å². The Hall–Kier alpha value is -1.88. The van der Waals surface area contributed by atoms with Crippen LogP contribution in [0, 0.1) is 17.8 Å². The molecule has 4 heterocycles. The molecule has 4 rings (SSSR count). The van der Waals surface area contributed by atoms with Crippen molar-refractivity contribution in [2.75, 3.05) is 72.2 Å². The van der Waals surface area contributed by atoms with Crippen LogP contribution in [0.25, 0.3) is 0 Å². The predicted octanol–water partition coefficient (Wildman–Crippen LogP) is 1.87. The number of hydrogen-bond acceptors (Lipinski definition) is 7. The number of unbranched alkanes of at least 4 members (excludes halogenated alkanes) is 1. The molecule has 224 valence electrons. The maximum absolute atomic E-state index is 14.6. The van der Waals surface area contributed by atoms with Gasteiger partial charge < -0.3 is 24.5 Å². The molecule has 4 fully saturated rings. The minimum atomic E-state index is -0.636. The zero-order chi connectivity index (χ0) is 28.9. The van der Waals surface area contributed by atoms with Crippen LogP contribution in [0.2, 0.25) is 0 Å². The van der Waals surface area contributed by atoms with E-state index in [4.69, 9.17) is 4.74 Å². The second-order valence-corrected chi connectivity index (χ2v) is 13.2. The van der Waals surface area contributed by atoms with E-state index in [2.05, 4.69) is 25.0 Å². The molecule has 1 spiro atoms. The average Bonchev–Trinajstić information content (AvgIpc) is 3.54. The molecular formula is C30H48N4O5S.